The molecule has 0 radical (unpaired) electrons. The number of hydrogen-bond donors (Lipinski definition) is 0. The van der Waals surface area contributed by atoms with Crippen LogP contribution in [0.5, 0.6) is 0 Å². The standard InChI is InChI=1S/C19H21NO2/c1-4-22-18(21)19(13-20,14(2)3)12-16-10-7-9-15-8-5-6-11-17(15)16/h5-11,14H,4,12H2,1-3H3/t19-/m1/s1. The van der Waals surface area contributed by atoms with Gasteiger partial charge in [0.15, 0.2) is 5.41 Å². The van der Waals surface area contributed by atoms with Crippen LogP contribution in [-0.4, -0.2) is 12.6 Å². The van der Waals surface area contributed by atoms with E-state index >= 15 is 0 Å². The molecule has 0 aromatic heterocycles. The molecule has 0 unspecified atom stereocenters. The third kappa shape index (κ3) is 2.82. The number of nitriles is 1. The molecule has 0 bridgehead atoms. The lowest BCUT2D eigenvalue weighted by Crippen LogP contribution is -2.38. The first kappa shape index (κ1) is 16.0. The van der Waals surface area contributed by atoms with Crippen molar-refractivity contribution in [2.45, 2.75) is 27.2 Å². The number of rotatable bonds is 5. The fourth-order valence-electron chi connectivity index (χ4n) is 2.73. The monoisotopic (exact) mass is 295 g/mol. The van der Waals surface area contributed by atoms with Crippen molar-refractivity contribution in [3.63, 3.8) is 0 Å². The molecule has 2 aromatic rings. The van der Waals surface area contributed by atoms with E-state index in [-0.39, 0.29) is 12.5 Å². The van der Waals surface area contributed by atoms with E-state index in [4.69, 9.17) is 4.74 Å². The molecule has 0 amide bonds. The van der Waals surface area contributed by atoms with E-state index in [1.807, 2.05) is 56.3 Å². The Hall–Kier alpha value is -2.34. The molecule has 0 saturated heterocycles. The smallest absolute Gasteiger partial charge is 0.327 e. The van der Waals surface area contributed by atoms with Gasteiger partial charge in [-0.15, -0.1) is 0 Å². The summed E-state index contributed by atoms with van der Waals surface area (Å²) in [7, 11) is 0. The van der Waals surface area contributed by atoms with E-state index in [2.05, 4.69) is 6.07 Å². The summed E-state index contributed by atoms with van der Waals surface area (Å²) in [6.45, 7) is 5.83. The zero-order valence-electron chi connectivity index (χ0n) is 13.3. The molecule has 0 aliphatic rings. The highest BCUT2D eigenvalue weighted by molar-refractivity contribution is 5.87. The number of esters is 1. The number of fused-ring (bicyclic) bond motifs is 1. The van der Waals surface area contributed by atoms with Gasteiger partial charge in [0.2, 0.25) is 0 Å². The highest BCUT2D eigenvalue weighted by Crippen LogP contribution is 2.35. The molecule has 2 rings (SSSR count). The first-order valence-electron chi connectivity index (χ1n) is 7.60. The van der Waals surface area contributed by atoms with Gasteiger partial charge in [-0.25, -0.2) is 0 Å². The summed E-state index contributed by atoms with van der Waals surface area (Å²) in [5, 5.41) is 11.9. The Labute approximate surface area is 131 Å². The van der Waals surface area contributed by atoms with Crippen molar-refractivity contribution in [3.05, 3.63) is 48.0 Å². The lowest BCUT2D eigenvalue weighted by molar-refractivity contribution is -0.154. The second-order valence-corrected chi connectivity index (χ2v) is 5.77. The maximum absolute atomic E-state index is 12.4. The second-order valence-electron chi connectivity index (χ2n) is 5.77. The third-order valence-corrected chi connectivity index (χ3v) is 4.17. The normalized spacial score (nSPS) is 13.6. The largest absolute Gasteiger partial charge is 0.465 e. The van der Waals surface area contributed by atoms with Crippen LogP contribution >= 0.6 is 0 Å². The number of carbonyl (C=O) groups is 1. The van der Waals surface area contributed by atoms with Gasteiger partial charge in [-0.3, -0.25) is 4.79 Å². The Morgan fingerprint density at radius 3 is 2.55 bits per heavy atom. The number of hydrogen-bond acceptors (Lipinski definition) is 3. The van der Waals surface area contributed by atoms with Gasteiger partial charge in [0.1, 0.15) is 0 Å². The molecule has 0 saturated carbocycles. The highest BCUT2D eigenvalue weighted by Gasteiger charge is 2.44. The molecule has 1 atom stereocenters. The number of nitrogens with zero attached hydrogens (tertiary/aromatic N) is 1. The molecule has 0 N–H and O–H groups in total. The first-order chi connectivity index (χ1) is 10.5. The van der Waals surface area contributed by atoms with Gasteiger partial charge in [0.05, 0.1) is 12.7 Å². The van der Waals surface area contributed by atoms with Crippen molar-refractivity contribution < 1.29 is 9.53 Å². The van der Waals surface area contributed by atoms with E-state index in [1.54, 1.807) is 6.92 Å². The van der Waals surface area contributed by atoms with Crippen molar-refractivity contribution >= 4 is 16.7 Å². The van der Waals surface area contributed by atoms with Crippen molar-refractivity contribution in [2.75, 3.05) is 6.61 Å². The van der Waals surface area contributed by atoms with Gasteiger partial charge in [-0.05, 0) is 29.2 Å². The molecule has 114 valence electrons. The topological polar surface area (TPSA) is 50.1 Å². The van der Waals surface area contributed by atoms with Gasteiger partial charge >= 0.3 is 5.97 Å². The van der Waals surface area contributed by atoms with E-state index in [0.29, 0.717) is 6.42 Å². The Morgan fingerprint density at radius 1 is 1.23 bits per heavy atom. The lowest BCUT2D eigenvalue weighted by Gasteiger charge is -2.28. The average Bonchev–Trinajstić information content (AvgIpc) is 2.52. The van der Waals surface area contributed by atoms with E-state index in [0.717, 1.165) is 16.3 Å². The summed E-state index contributed by atoms with van der Waals surface area (Å²) in [6, 6.07) is 16.2. The summed E-state index contributed by atoms with van der Waals surface area (Å²) < 4.78 is 5.18. The Morgan fingerprint density at radius 2 is 1.91 bits per heavy atom. The predicted molar refractivity (Wildman–Crippen MR) is 87.2 cm³/mol. The van der Waals surface area contributed by atoms with E-state index in [9.17, 15) is 10.1 Å². The minimum atomic E-state index is -1.15. The van der Waals surface area contributed by atoms with Gasteiger partial charge in [-0.1, -0.05) is 56.3 Å². The van der Waals surface area contributed by atoms with Gasteiger partial charge in [-0.2, -0.15) is 5.26 Å². The maximum atomic E-state index is 12.4. The van der Waals surface area contributed by atoms with E-state index < -0.39 is 11.4 Å². The average molecular weight is 295 g/mol. The molecule has 22 heavy (non-hydrogen) atoms. The fourth-order valence-corrected chi connectivity index (χ4v) is 2.73. The van der Waals surface area contributed by atoms with Gasteiger partial charge in [0.25, 0.3) is 0 Å². The zero-order chi connectivity index (χ0) is 16.2. The van der Waals surface area contributed by atoms with Crippen LogP contribution in [0, 0.1) is 22.7 Å². The Bertz CT molecular complexity index is 709. The summed E-state index contributed by atoms with van der Waals surface area (Å²) in [6.07, 6.45) is 0.362. The minimum absolute atomic E-state index is 0.129. The molecule has 0 heterocycles. The van der Waals surface area contributed by atoms with Crippen LogP contribution in [-0.2, 0) is 16.0 Å². The highest BCUT2D eigenvalue weighted by atomic mass is 16.5. The van der Waals surface area contributed by atoms with Gasteiger partial charge < -0.3 is 4.74 Å². The second kappa shape index (κ2) is 6.62. The van der Waals surface area contributed by atoms with Crippen LogP contribution in [0.4, 0.5) is 0 Å². The summed E-state index contributed by atoms with van der Waals surface area (Å²) in [5.74, 6) is -0.559. The molecular weight excluding hydrogens is 274 g/mol. The van der Waals surface area contributed by atoms with E-state index in [1.165, 1.54) is 0 Å². The number of ether oxygens (including phenoxy) is 1. The predicted octanol–water partition coefficient (Wildman–Crippen LogP) is 4.11. The summed E-state index contributed by atoms with van der Waals surface area (Å²) in [5.41, 5.74) is -0.151. The molecular formula is C19H21NO2. The quantitative estimate of drug-likeness (QED) is 0.780. The minimum Gasteiger partial charge on any atom is -0.465 e. The summed E-state index contributed by atoms with van der Waals surface area (Å²) in [4.78, 5) is 12.4. The molecule has 2 aromatic carbocycles. The molecule has 0 fully saturated rings. The molecule has 0 spiro atoms. The molecule has 3 heteroatoms. The van der Waals surface area contributed by atoms with Crippen molar-refractivity contribution in [1.82, 2.24) is 0 Å². The van der Waals surface area contributed by atoms with Crippen molar-refractivity contribution in [3.8, 4) is 6.07 Å². The number of benzene rings is 2. The molecule has 0 aliphatic carbocycles. The van der Waals surface area contributed by atoms with Crippen LogP contribution in [0.2, 0.25) is 0 Å². The fraction of sp³-hybridized carbons (Fsp3) is 0.368. The summed E-state index contributed by atoms with van der Waals surface area (Å²) >= 11 is 0. The third-order valence-electron chi connectivity index (χ3n) is 4.17. The van der Waals surface area contributed by atoms with Crippen LogP contribution in [0.1, 0.15) is 26.3 Å². The van der Waals surface area contributed by atoms with Crippen molar-refractivity contribution in [2.24, 2.45) is 11.3 Å². The van der Waals surface area contributed by atoms with Crippen LogP contribution in [0.15, 0.2) is 42.5 Å². The Kier molecular flexibility index (Phi) is 4.82. The molecule has 3 nitrogen and oxygen atoms in total. The zero-order valence-corrected chi connectivity index (χ0v) is 13.3. The van der Waals surface area contributed by atoms with Crippen LogP contribution < -0.4 is 0 Å². The van der Waals surface area contributed by atoms with Crippen LogP contribution in [0.25, 0.3) is 10.8 Å². The van der Waals surface area contributed by atoms with Crippen molar-refractivity contribution in [1.29, 1.82) is 5.26 Å². The lowest BCUT2D eigenvalue weighted by atomic mass is 9.73. The van der Waals surface area contributed by atoms with Gasteiger partial charge in [0, 0.05) is 6.42 Å². The first-order valence-corrected chi connectivity index (χ1v) is 7.60. The van der Waals surface area contributed by atoms with Crippen LogP contribution in [0.3, 0.4) is 0 Å². The number of carbonyl (C=O) groups excluding carboxylic acids is 1. The Balaban J connectivity index is 2.51. The maximum Gasteiger partial charge on any atom is 0.327 e. The SMILES string of the molecule is CCOC(=O)[C@@](C#N)(Cc1cccc2ccccc12)C(C)C. The molecule has 0 aliphatic heterocycles.